The third-order valence-electron chi connectivity index (χ3n) is 5.52. The summed E-state index contributed by atoms with van der Waals surface area (Å²) in [5, 5.41) is 13.1. The van der Waals surface area contributed by atoms with Gasteiger partial charge in [0.15, 0.2) is 0 Å². The summed E-state index contributed by atoms with van der Waals surface area (Å²) in [6.45, 7) is 14.2. The Balaban J connectivity index is 1.95. The standard InChI is InChI=1S/C18H36N2O/c1-15-5-8-18(9-6-15,13-19-17(2,3)4)14-20-10-7-16(11-20)12-21/h15-16,19,21H,5-14H2,1-4H3. The molecule has 124 valence electrons. The number of likely N-dealkylation sites (tertiary alicyclic amines) is 1. The fourth-order valence-electron chi connectivity index (χ4n) is 3.90. The van der Waals surface area contributed by atoms with E-state index in [4.69, 9.17) is 0 Å². The Kier molecular flexibility index (Phi) is 5.72. The molecule has 2 fully saturated rings. The molecular weight excluding hydrogens is 260 g/mol. The van der Waals surface area contributed by atoms with Gasteiger partial charge in [0.2, 0.25) is 0 Å². The first-order chi connectivity index (χ1) is 9.82. The van der Waals surface area contributed by atoms with Crippen molar-refractivity contribution in [2.24, 2.45) is 17.3 Å². The zero-order chi connectivity index (χ0) is 15.5. The summed E-state index contributed by atoms with van der Waals surface area (Å²) in [5.41, 5.74) is 0.652. The molecule has 0 aromatic rings. The topological polar surface area (TPSA) is 35.5 Å². The Labute approximate surface area is 131 Å². The first-order valence-corrected chi connectivity index (χ1v) is 8.90. The van der Waals surface area contributed by atoms with Crippen LogP contribution in [0.2, 0.25) is 0 Å². The summed E-state index contributed by atoms with van der Waals surface area (Å²) < 4.78 is 0. The second-order valence-corrected chi connectivity index (χ2v) is 8.86. The van der Waals surface area contributed by atoms with Gasteiger partial charge < -0.3 is 15.3 Å². The Morgan fingerprint density at radius 3 is 2.38 bits per heavy atom. The number of hydrogen-bond donors (Lipinski definition) is 2. The minimum Gasteiger partial charge on any atom is -0.396 e. The summed E-state index contributed by atoms with van der Waals surface area (Å²) in [5.74, 6) is 1.41. The van der Waals surface area contributed by atoms with Gasteiger partial charge in [0.25, 0.3) is 0 Å². The highest BCUT2D eigenvalue weighted by Crippen LogP contribution is 2.40. The number of nitrogens with zero attached hydrogens (tertiary/aromatic N) is 1. The largest absolute Gasteiger partial charge is 0.396 e. The maximum Gasteiger partial charge on any atom is 0.0471 e. The molecule has 0 aromatic carbocycles. The van der Waals surface area contributed by atoms with Crippen molar-refractivity contribution in [2.45, 2.75) is 65.3 Å². The van der Waals surface area contributed by atoms with Crippen LogP contribution in [0.1, 0.15) is 59.8 Å². The van der Waals surface area contributed by atoms with Crippen molar-refractivity contribution in [3.05, 3.63) is 0 Å². The average Bonchev–Trinajstić information content (AvgIpc) is 2.87. The third kappa shape index (κ3) is 5.22. The van der Waals surface area contributed by atoms with E-state index in [0.29, 0.717) is 17.9 Å². The Bertz CT molecular complexity index is 316. The van der Waals surface area contributed by atoms with Gasteiger partial charge in [0, 0.05) is 31.8 Å². The monoisotopic (exact) mass is 296 g/mol. The molecule has 2 N–H and O–H groups in total. The second-order valence-electron chi connectivity index (χ2n) is 8.86. The molecule has 0 aromatic heterocycles. The first kappa shape index (κ1) is 17.2. The molecule has 0 bridgehead atoms. The molecule has 1 atom stereocenters. The van der Waals surface area contributed by atoms with Crippen LogP contribution >= 0.6 is 0 Å². The van der Waals surface area contributed by atoms with Crippen LogP contribution in [0.4, 0.5) is 0 Å². The van der Waals surface area contributed by atoms with E-state index in [9.17, 15) is 5.11 Å². The lowest BCUT2D eigenvalue weighted by Gasteiger charge is -2.43. The zero-order valence-corrected chi connectivity index (χ0v) is 14.6. The van der Waals surface area contributed by atoms with Gasteiger partial charge in [-0.3, -0.25) is 0 Å². The number of aliphatic hydroxyl groups is 1. The van der Waals surface area contributed by atoms with E-state index in [2.05, 4.69) is 37.9 Å². The van der Waals surface area contributed by atoms with E-state index in [1.807, 2.05) is 0 Å². The van der Waals surface area contributed by atoms with Crippen LogP contribution in [0, 0.1) is 17.3 Å². The maximum absolute atomic E-state index is 9.36. The minimum absolute atomic E-state index is 0.203. The molecule has 3 nitrogen and oxygen atoms in total. The zero-order valence-electron chi connectivity index (χ0n) is 14.6. The van der Waals surface area contributed by atoms with Crippen molar-refractivity contribution in [3.63, 3.8) is 0 Å². The van der Waals surface area contributed by atoms with Gasteiger partial charge in [-0.05, 0) is 63.8 Å². The molecule has 1 saturated heterocycles. The molecule has 0 spiro atoms. The van der Waals surface area contributed by atoms with E-state index in [0.717, 1.165) is 19.0 Å². The molecule has 1 aliphatic carbocycles. The summed E-state index contributed by atoms with van der Waals surface area (Å²) in [4.78, 5) is 2.61. The van der Waals surface area contributed by atoms with Crippen LogP contribution in [0.15, 0.2) is 0 Å². The van der Waals surface area contributed by atoms with Gasteiger partial charge in [-0.15, -0.1) is 0 Å². The normalized spacial score (nSPS) is 35.3. The molecule has 1 aliphatic heterocycles. The molecule has 2 aliphatic rings. The maximum atomic E-state index is 9.36. The minimum atomic E-state index is 0.203. The van der Waals surface area contributed by atoms with Crippen molar-refractivity contribution in [2.75, 3.05) is 32.8 Å². The van der Waals surface area contributed by atoms with Gasteiger partial charge in [-0.25, -0.2) is 0 Å². The first-order valence-electron chi connectivity index (χ1n) is 8.90. The average molecular weight is 296 g/mol. The highest BCUT2D eigenvalue weighted by atomic mass is 16.3. The van der Waals surface area contributed by atoms with Crippen LogP contribution in [-0.4, -0.2) is 48.3 Å². The molecule has 1 heterocycles. The lowest BCUT2D eigenvalue weighted by atomic mass is 9.70. The van der Waals surface area contributed by atoms with E-state index in [1.165, 1.54) is 45.2 Å². The summed E-state index contributed by atoms with van der Waals surface area (Å²) in [6, 6.07) is 0. The fourth-order valence-corrected chi connectivity index (χ4v) is 3.90. The van der Waals surface area contributed by atoms with E-state index >= 15 is 0 Å². The van der Waals surface area contributed by atoms with Crippen molar-refractivity contribution in [1.29, 1.82) is 0 Å². The van der Waals surface area contributed by atoms with Crippen LogP contribution in [-0.2, 0) is 0 Å². The van der Waals surface area contributed by atoms with Crippen LogP contribution in [0.25, 0.3) is 0 Å². The van der Waals surface area contributed by atoms with Gasteiger partial charge in [-0.2, -0.15) is 0 Å². The molecule has 1 unspecified atom stereocenters. The molecule has 2 rings (SSSR count). The summed E-state index contributed by atoms with van der Waals surface area (Å²) >= 11 is 0. The van der Waals surface area contributed by atoms with Crippen LogP contribution in [0.5, 0.6) is 0 Å². The SMILES string of the molecule is CC1CCC(CNC(C)(C)C)(CN2CCC(CO)C2)CC1. The molecule has 3 heteroatoms. The van der Waals surface area contributed by atoms with Gasteiger partial charge in [-0.1, -0.05) is 19.8 Å². The summed E-state index contributed by atoms with van der Waals surface area (Å²) in [6.07, 6.45) is 6.65. The predicted octanol–water partition coefficient (Wildman–Crippen LogP) is 2.89. The predicted molar refractivity (Wildman–Crippen MR) is 89.5 cm³/mol. The van der Waals surface area contributed by atoms with Crippen LogP contribution in [0.3, 0.4) is 0 Å². The van der Waals surface area contributed by atoms with Gasteiger partial charge in [0.1, 0.15) is 0 Å². The highest BCUT2D eigenvalue weighted by Gasteiger charge is 2.37. The van der Waals surface area contributed by atoms with Crippen molar-refractivity contribution >= 4 is 0 Å². The number of rotatable bonds is 5. The van der Waals surface area contributed by atoms with E-state index < -0.39 is 0 Å². The Morgan fingerprint density at radius 1 is 1.19 bits per heavy atom. The van der Waals surface area contributed by atoms with Crippen molar-refractivity contribution in [1.82, 2.24) is 10.2 Å². The number of aliphatic hydroxyl groups excluding tert-OH is 1. The lowest BCUT2D eigenvalue weighted by Crippen LogP contribution is -2.50. The fraction of sp³-hybridized carbons (Fsp3) is 1.00. The second kappa shape index (κ2) is 6.97. The van der Waals surface area contributed by atoms with Crippen molar-refractivity contribution < 1.29 is 5.11 Å². The van der Waals surface area contributed by atoms with Crippen LogP contribution < -0.4 is 5.32 Å². The van der Waals surface area contributed by atoms with E-state index in [1.54, 1.807) is 0 Å². The van der Waals surface area contributed by atoms with E-state index in [-0.39, 0.29) is 5.54 Å². The van der Waals surface area contributed by atoms with Gasteiger partial charge in [0.05, 0.1) is 0 Å². The third-order valence-corrected chi connectivity index (χ3v) is 5.52. The highest BCUT2D eigenvalue weighted by molar-refractivity contribution is 4.92. The Morgan fingerprint density at radius 2 is 1.86 bits per heavy atom. The number of nitrogens with one attached hydrogen (secondary N) is 1. The summed E-state index contributed by atoms with van der Waals surface area (Å²) in [7, 11) is 0. The molecular formula is C18H36N2O. The number of hydrogen-bond acceptors (Lipinski definition) is 3. The van der Waals surface area contributed by atoms with Crippen molar-refractivity contribution in [3.8, 4) is 0 Å². The Hall–Kier alpha value is -0.120. The molecule has 0 radical (unpaired) electrons. The molecule has 21 heavy (non-hydrogen) atoms. The molecule has 0 amide bonds. The van der Waals surface area contributed by atoms with Gasteiger partial charge >= 0.3 is 0 Å². The smallest absolute Gasteiger partial charge is 0.0471 e. The lowest BCUT2D eigenvalue weighted by molar-refractivity contribution is 0.0871. The molecule has 1 saturated carbocycles. The quantitative estimate of drug-likeness (QED) is 0.819.